The second-order valence-corrected chi connectivity index (χ2v) is 6.61. The van der Waals surface area contributed by atoms with Gasteiger partial charge in [0, 0.05) is 45.5 Å². The molecule has 1 aliphatic heterocycles. The lowest BCUT2D eigenvalue weighted by molar-refractivity contribution is 0.0299. The Morgan fingerprint density at radius 2 is 2.38 bits per heavy atom. The minimum Gasteiger partial charge on any atom is -0.383 e. The van der Waals surface area contributed by atoms with Gasteiger partial charge in [0.1, 0.15) is 0 Å². The fourth-order valence-corrected chi connectivity index (χ4v) is 3.66. The van der Waals surface area contributed by atoms with Crippen molar-refractivity contribution >= 4 is 0 Å². The number of nitrogens with one attached hydrogen (secondary N) is 1. The third-order valence-corrected chi connectivity index (χ3v) is 4.83. The molecule has 2 fully saturated rings. The maximum atomic E-state index is 6.13. The van der Waals surface area contributed by atoms with Crippen molar-refractivity contribution in [2.75, 3.05) is 33.4 Å². The third kappa shape index (κ3) is 3.47. The Hall–Kier alpha value is -0.910. The molecule has 0 bridgehead atoms. The summed E-state index contributed by atoms with van der Waals surface area (Å²) in [7, 11) is 3.73. The van der Waals surface area contributed by atoms with Crippen molar-refractivity contribution in [2.45, 2.75) is 31.8 Å². The molecule has 118 valence electrons. The first-order valence-corrected chi connectivity index (χ1v) is 8.02. The number of methoxy groups -OCH3 is 1. The monoisotopic (exact) mass is 293 g/mol. The average molecular weight is 293 g/mol. The summed E-state index contributed by atoms with van der Waals surface area (Å²) in [6.07, 6.45) is 9.41. The highest BCUT2D eigenvalue weighted by molar-refractivity contribution is 5.12. The number of aromatic nitrogens is 2. The van der Waals surface area contributed by atoms with Crippen LogP contribution in [-0.4, -0.2) is 49.3 Å². The fourth-order valence-electron chi connectivity index (χ4n) is 3.66. The maximum absolute atomic E-state index is 6.13. The van der Waals surface area contributed by atoms with Crippen molar-refractivity contribution in [1.29, 1.82) is 0 Å². The molecule has 3 rings (SSSR count). The maximum Gasteiger partial charge on any atom is 0.0675 e. The zero-order valence-corrected chi connectivity index (χ0v) is 13.2. The summed E-state index contributed by atoms with van der Waals surface area (Å²) in [6.45, 7) is 3.57. The molecule has 1 aromatic heterocycles. The zero-order valence-electron chi connectivity index (χ0n) is 13.2. The Bertz CT molecular complexity index is 458. The van der Waals surface area contributed by atoms with Crippen LogP contribution in [0.2, 0.25) is 0 Å². The second kappa shape index (κ2) is 6.46. The van der Waals surface area contributed by atoms with Crippen LogP contribution in [0.15, 0.2) is 12.4 Å². The number of ether oxygens (including phenoxy) is 2. The smallest absolute Gasteiger partial charge is 0.0675 e. The van der Waals surface area contributed by atoms with E-state index < -0.39 is 0 Å². The van der Waals surface area contributed by atoms with Crippen molar-refractivity contribution in [3.05, 3.63) is 18.0 Å². The van der Waals surface area contributed by atoms with E-state index in [2.05, 4.69) is 16.6 Å². The van der Waals surface area contributed by atoms with Gasteiger partial charge in [-0.25, -0.2) is 0 Å². The topological polar surface area (TPSA) is 48.3 Å². The van der Waals surface area contributed by atoms with Gasteiger partial charge in [0.15, 0.2) is 0 Å². The number of aryl methyl sites for hydroxylation is 1. The second-order valence-electron chi connectivity index (χ2n) is 6.61. The zero-order chi connectivity index (χ0) is 14.7. The molecule has 2 heterocycles. The van der Waals surface area contributed by atoms with Gasteiger partial charge in [0.05, 0.1) is 18.9 Å². The number of hydrogen-bond donors (Lipinski definition) is 1. The largest absolute Gasteiger partial charge is 0.383 e. The van der Waals surface area contributed by atoms with Crippen molar-refractivity contribution in [3.63, 3.8) is 0 Å². The summed E-state index contributed by atoms with van der Waals surface area (Å²) in [5.41, 5.74) is 1.54. The van der Waals surface area contributed by atoms with Crippen LogP contribution in [-0.2, 0) is 22.9 Å². The summed E-state index contributed by atoms with van der Waals surface area (Å²) >= 11 is 0. The van der Waals surface area contributed by atoms with Crippen molar-refractivity contribution in [3.8, 4) is 0 Å². The predicted molar refractivity (Wildman–Crippen MR) is 81.2 cm³/mol. The van der Waals surface area contributed by atoms with Crippen LogP contribution in [0, 0.1) is 11.3 Å². The van der Waals surface area contributed by atoms with E-state index in [4.69, 9.17) is 9.47 Å². The Balaban J connectivity index is 1.70. The highest BCUT2D eigenvalue weighted by Crippen LogP contribution is 2.49. The molecule has 2 aliphatic rings. The SMILES string of the molecule is COCCNCC1(Cc2cnn(C)c2)CCOC1C1CC1. The summed E-state index contributed by atoms with van der Waals surface area (Å²) in [4.78, 5) is 0. The first-order chi connectivity index (χ1) is 10.2. The Kier molecular flexibility index (Phi) is 4.62. The van der Waals surface area contributed by atoms with E-state index in [9.17, 15) is 0 Å². The highest BCUT2D eigenvalue weighted by Gasteiger charge is 2.50. The number of hydrogen-bond acceptors (Lipinski definition) is 4. The molecule has 2 atom stereocenters. The van der Waals surface area contributed by atoms with E-state index >= 15 is 0 Å². The average Bonchev–Trinajstić information content (AvgIpc) is 3.11. The van der Waals surface area contributed by atoms with Crippen molar-refractivity contribution in [1.82, 2.24) is 15.1 Å². The molecule has 5 heteroatoms. The van der Waals surface area contributed by atoms with Gasteiger partial charge >= 0.3 is 0 Å². The minimum absolute atomic E-state index is 0.220. The molecule has 1 aromatic rings. The van der Waals surface area contributed by atoms with E-state index in [-0.39, 0.29) is 5.41 Å². The predicted octanol–water partition coefficient (Wildman–Crippen LogP) is 1.38. The van der Waals surface area contributed by atoms with E-state index in [1.807, 2.05) is 17.9 Å². The van der Waals surface area contributed by atoms with Crippen LogP contribution in [0.4, 0.5) is 0 Å². The first kappa shape index (κ1) is 15.0. The van der Waals surface area contributed by atoms with Crippen LogP contribution in [0.25, 0.3) is 0 Å². The Morgan fingerprint density at radius 3 is 3.05 bits per heavy atom. The molecule has 0 amide bonds. The van der Waals surface area contributed by atoms with Gasteiger partial charge in [0.25, 0.3) is 0 Å². The lowest BCUT2D eigenvalue weighted by atomic mass is 9.74. The van der Waals surface area contributed by atoms with Gasteiger partial charge in [0.2, 0.25) is 0 Å². The lowest BCUT2D eigenvalue weighted by Crippen LogP contribution is -2.44. The molecule has 0 spiro atoms. The van der Waals surface area contributed by atoms with E-state index in [1.54, 1.807) is 7.11 Å². The van der Waals surface area contributed by atoms with Gasteiger partial charge in [-0.2, -0.15) is 5.10 Å². The number of nitrogens with zero attached hydrogens (tertiary/aromatic N) is 2. The van der Waals surface area contributed by atoms with Gasteiger partial charge in [-0.05, 0) is 37.2 Å². The molecule has 5 nitrogen and oxygen atoms in total. The van der Waals surface area contributed by atoms with Crippen molar-refractivity contribution < 1.29 is 9.47 Å². The highest BCUT2D eigenvalue weighted by atomic mass is 16.5. The standard InChI is InChI=1S/C16H27N3O2/c1-19-11-13(10-18-19)9-16(12-17-6-8-20-2)5-7-21-15(16)14-3-4-14/h10-11,14-15,17H,3-9,12H2,1-2H3. The van der Waals surface area contributed by atoms with Crippen molar-refractivity contribution in [2.24, 2.45) is 18.4 Å². The fraction of sp³-hybridized carbons (Fsp3) is 0.812. The lowest BCUT2D eigenvalue weighted by Gasteiger charge is -2.34. The van der Waals surface area contributed by atoms with Gasteiger partial charge in [-0.3, -0.25) is 4.68 Å². The van der Waals surface area contributed by atoms with Crippen LogP contribution in [0.5, 0.6) is 0 Å². The normalized spacial score (nSPS) is 29.1. The summed E-state index contributed by atoms with van der Waals surface area (Å²) in [5.74, 6) is 0.772. The molecular formula is C16H27N3O2. The summed E-state index contributed by atoms with van der Waals surface area (Å²) in [5, 5.41) is 7.90. The Morgan fingerprint density at radius 1 is 1.52 bits per heavy atom. The van der Waals surface area contributed by atoms with E-state index in [0.717, 1.165) is 45.1 Å². The van der Waals surface area contributed by atoms with Crippen LogP contribution in [0.1, 0.15) is 24.8 Å². The quantitative estimate of drug-likeness (QED) is 0.736. The molecule has 1 saturated carbocycles. The van der Waals surface area contributed by atoms with Crippen LogP contribution in [0.3, 0.4) is 0 Å². The summed E-state index contributed by atoms with van der Waals surface area (Å²) < 4.78 is 13.2. The molecule has 0 radical (unpaired) electrons. The van der Waals surface area contributed by atoms with Gasteiger partial charge < -0.3 is 14.8 Å². The molecule has 2 unspecified atom stereocenters. The summed E-state index contributed by atoms with van der Waals surface area (Å²) in [6, 6.07) is 0. The van der Waals surface area contributed by atoms with E-state index in [0.29, 0.717) is 6.10 Å². The number of rotatable bonds is 8. The van der Waals surface area contributed by atoms with Gasteiger partial charge in [-0.1, -0.05) is 0 Å². The minimum atomic E-state index is 0.220. The first-order valence-electron chi connectivity index (χ1n) is 8.02. The third-order valence-electron chi connectivity index (χ3n) is 4.83. The Labute approximate surface area is 127 Å². The molecule has 21 heavy (non-hydrogen) atoms. The van der Waals surface area contributed by atoms with Crippen LogP contribution < -0.4 is 5.32 Å². The molecule has 1 N–H and O–H groups in total. The van der Waals surface area contributed by atoms with Gasteiger partial charge in [-0.15, -0.1) is 0 Å². The molecule has 1 aliphatic carbocycles. The molecule has 1 saturated heterocycles. The van der Waals surface area contributed by atoms with Crippen LogP contribution >= 0.6 is 0 Å². The molecule has 0 aromatic carbocycles. The molecular weight excluding hydrogens is 266 g/mol. The van der Waals surface area contributed by atoms with E-state index in [1.165, 1.54) is 18.4 Å².